The SMILES string of the molecule is COC(=O)/C=C/CCNC(=O)C1CCCN1Cc1ccccc1. The predicted molar refractivity (Wildman–Crippen MR) is 88.7 cm³/mol. The van der Waals surface area contributed by atoms with Crippen molar-refractivity contribution in [3.63, 3.8) is 0 Å². The minimum absolute atomic E-state index is 0.0557. The number of esters is 1. The Bertz CT molecular complexity index is 542. The number of benzene rings is 1. The minimum Gasteiger partial charge on any atom is -0.466 e. The molecule has 0 spiro atoms. The Labute approximate surface area is 137 Å². The van der Waals surface area contributed by atoms with Gasteiger partial charge >= 0.3 is 5.97 Å². The van der Waals surface area contributed by atoms with E-state index in [4.69, 9.17) is 0 Å². The first-order valence-corrected chi connectivity index (χ1v) is 8.01. The van der Waals surface area contributed by atoms with Crippen molar-refractivity contribution >= 4 is 11.9 Å². The van der Waals surface area contributed by atoms with E-state index in [9.17, 15) is 9.59 Å². The van der Waals surface area contributed by atoms with Crippen LogP contribution in [0.1, 0.15) is 24.8 Å². The fourth-order valence-corrected chi connectivity index (χ4v) is 2.77. The largest absolute Gasteiger partial charge is 0.466 e. The highest BCUT2D eigenvalue weighted by Gasteiger charge is 2.30. The fourth-order valence-electron chi connectivity index (χ4n) is 2.77. The maximum absolute atomic E-state index is 12.3. The quantitative estimate of drug-likeness (QED) is 0.474. The lowest BCUT2D eigenvalue weighted by Gasteiger charge is -2.23. The lowest BCUT2D eigenvalue weighted by molar-refractivity contribution is -0.134. The van der Waals surface area contributed by atoms with Crippen LogP contribution in [-0.4, -0.2) is 43.0 Å². The van der Waals surface area contributed by atoms with Crippen molar-refractivity contribution in [3.8, 4) is 0 Å². The first-order chi connectivity index (χ1) is 11.2. The number of nitrogens with zero attached hydrogens (tertiary/aromatic N) is 1. The minimum atomic E-state index is -0.374. The van der Waals surface area contributed by atoms with Crippen LogP contribution in [0.4, 0.5) is 0 Å². The van der Waals surface area contributed by atoms with Gasteiger partial charge in [-0.25, -0.2) is 4.79 Å². The van der Waals surface area contributed by atoms with Gasteiger partial charge in [0, 0.05) is 19.2 Å². The van der Waals surface area contributed by atoms with E-state index in [0.717, 1.165) is 25.9 Å². The van der Waals surface area contributed by atoms with E-state index in [-0.39, 0.29) is 17.9 Å². The molecule has 5 nitrogen and oxygen atoms in total. The number of hydrogen-bond donors (Lipinski definition) is 1. The number of carbonyl (C=O) groups excluding carboxylic acids is 2. The van der Waals surface area contributed by atoms with Crippen LogP contribution in [0.25, 0.3) is 0 Å². The summed E-state index contributed by atoms with van der Waals surface area (Å²) in [5.74, 6) is -0.300. The Balaban J connectivity index is 1.77. The highest BCUT2D eigenvalue weighted by molar-refractivity contribution is 5.82. The second kappa shape index (κ2) is 9.10. The molecule has 0 radical (unpaired) electrons. The number of methoxy groups -OCH3 is 1. The first kappa shape index (κ1) is 17.2. The molecule has 1 amide bonds. The first-order valence-electron chi connectivity index (χ1n) is 8.01. The van der Waals surface area contributed by atoms with Crippen molar-refractivity contribution in [2.24, 2.45) is 0 Å². The van der Waals surface area contributed by atoms with E-state index in [0.29, 0.717) is 13.0 Å². The molecule has 1 aromatic rings. The summed E-state index contributed by atoms with van der Waals surface area (Å²) in [6.45, 7) is 2.29. The van der Waals surface area contributed by atoms with Gasteiger partial charge in [-0.1, -0.05) is 36.4 Å². The second-order valence-corrected chi connectivity index (χ2v) is 5.62. The molecule has 0 aliphatic carbocycles. The van der Waals surface area contributed by atoms with Gasteiger partial charge < -0.3 is 10.1 Å². The number of ether oxygens (including phenoxy) is 1. The third-order valence-corrected chi connectivity index (χ3v) is 3.96. The normalized spacial score (nSPS) is 18.2. The number of rotatable bonds is 7. The third-order valence-electron chi connectivity index (χ3n) is 3.96. The molecule has 1 unspecified atom stereocenters. The number of carbonyl (C=O) groups is 2. The van der Waals surface area contributed by atoms with E-state index in [1.54, 1.807) is 6.08 Å². The Morgan fingerprint density at radius 2 is 2.13 bits per heavy atom. The molecule has 1 saturated heterocycles. The maximum atomic E-state index is 12.3. The molecule has 0 aromatic heterocycles. The summed E-state index contributed by atoms with van der Waals surface area (Å²) in [5, 5.41) is 2.95. The van der Waals surface area contributed by atoms with Gasteiger partial charge in [0.05, 0.1) is 13.2 Å². The Morgan fingerprint density at radius 1 is 1.35 bits per heavy atom. The van der Waals surface area contributed by atoms with Crippen LogP contribution in [0.2, 0.25) is 0 Å². The van der Waals surface area contributed by atoms with Crippen molar-refractivity contribution in [3.05, 3.63) is 48.0 Å². The molecule has 1 aliphatic rings. The highest BCUT2D eigenvalue weighted by atomic mass is 16.5. The molecule has 1 heterocycles. The Morgan fingerprint density at radius 3 is 2.87 bits per heavy atom. The van der Waals surface area contributed by atoms with Gasteiger partial charge in [0.2, 0.25) is 5.91 Å². The van der Waals surface area contributed by atoms with Crippen molar-refractivity contribution in [2.75, 3.05) is 20.2 Å². The molecule has 124 valence electrons. The molecule has 0 saturated carbocycles. The van der Waals surface area contributed by atoms with E-state index in [1.807, 2.05) is 18.2 Å². The van der Waals surface area contributed by atoms with Crippen molar-refractivity contribution in [1.82, 2.24) is 10.2 Å². The summed E-state index contributed by atoms with van der Waals surface area (Å²) in [5.41, 5.74) is 1.23. The number of likely N-dealkylation sites (tertiary alicyclic amines) is 1. The number of amides is 1. The lowest BCUT2D eigenvalue weighted by atomic mass is 10.1. The molecular formula is C18H24N2O3. The average molecular weight is 316 g/mol. The van der Waals surface area contributed by atoms with Crippen LogP contribution in [0.5, 0.6) is 0 Å². The zero-order valence-corrected chi connectivity index (χ0v) is 13.5. The zero-order valence-electron chi connectivity index (χ0n) is 13.5. The summed E-state index contributed by atoms with van der Waals surface area (Å²) in [6.07, 6.45) is 5.65. The van der Waals surface area contributed by atoms with Gasteiger partial charge in [0.15, 0.2) is 0 Å². The summed E-state index contributed by atoms with van der Waals surface area (Å²) < 4.78 is 4.51. The molecule has 1 atom stereocenters. The van der Waals surface area contributed by atoms with Gasteiger partial charge in [-0.15, -0.1) is 0 Å². The summed E-state index contributed by atoms with van der Waals surface area (Å²) >= 11 is 0. The molecule has 1 aliphatic heterocycles. The van der Waals surface area contributed by atoms with Gasteiger partial charge in [-0.05, 0) is 31.4 Å². The van der Waals surface area contributed by atoms with E-state index < -0.39 is 0 Å². The molecule has 5 heteroatoms. The maximum Gasteiger partial charge on any atom is 0.330 e. The standard InChI is InChI=1S/C18H24N2O3/c1-23-17(21)11-5-6-12-19-18(22)16-10-7-13-20(16)14-15-8-3-2-4-9-15/h2-5,8-9,11,16H,6-7,10,12-14H2,1H3,(H,19,22)/b11-5+. The average Bonchev–Trinajstić information content (AvgIpc) is 3.03. The molecule has 1 N–H and O–H groups in total. The van der Waals surface area contributed by atoms with Crippen LogP contribution in [0.15, 0.2) is 42.5 Å². The predicted octanol–water partition coefficient (Wildman–Crippen LogP) is 1.89. The summed E-state index contributed by atoms with van der Waals surface area (Å²) in [6, 6.07) is 10.2. The van der Waals surface area contributed by atoms with E-state index in [2.05, 4.69) is 27.1 Å². The smallest absolute Gasteiger partial charge is 0.330 e. The van der Waals surface area contributed by atoms with Crippen molar-refractivity contribution in [2.45, 2.75) is 31.8 Å². The third kappa shape index (κ3) is 5.53. The van der Waals surface area contributed by atoms with Crippen LogP contribution >= 0.6 is 0 Å². The zero-order chi connectivity index (χ0) is 16.5. The van der Waals surface area contributed by atoms with Crippen molar-refractivity contribution < 1.29 is 14.3 Å². The van der Waals surface area contributed by atoms with Crippen LogP contribution in [0.3, 0.4) is 0 Å². The van der Waals surface area contributed by atoms with Crippen LogP contribution in [0, 0.1) is 0 Å². The van der Waals surface area contributed by atoms with Crippen LogP contribution in [-0.2, 0) is 20.9 Å². The lowest BCUT2D eigenvalue weighted by Crippen LogP contribution is -2.43. The van der Waals surface area contributed by atoms with Gasteiger partial charge in [-0.3, -0.25) is 9.69 Å². The highest BCUT2D eigenvalue weighted by Crippen LogP contribution is 2.20. The molecule has 1 fully saturated rings. The Hall–Kier alpha value is -2.14. The van der Waals surface area contributed by atoms with Gasteiger partial charge in [0.25, 0.3) is 0 Å². The molecule has 0 bridgehead atoms. The Kier molecular flexibility index (Phi) is 6.81. The molecule has 2 rings (SSSR count). The fraction of sp³-hybridized carbons (Fsp3) is 0.444. The van der Waals surface area contributed by atoms with E-state index in [1.165, 1.54) is 18.7 Å². The summed E-state index contributed by atoms with van der Waals surface area (Å²) in [4.78, 5) is 25.5. The van der Waals surface area contributed by atoms with Crippen LogP contribution < -0.4 is 5.32 Å². The molecular weight excluding hydrogens is 292 g/mol. The topological polar surface area (TPSA) is 58.6 Å². The summed E-state index contributed by atoms with van der Waals surface area (Å²) in [7, 11) is 1.34. The van der Waals surface area contributed by atoms with Gasteiger partial charge in [0.1, 0.15) is 0 Å². The second-order valence-electron chi connectivity index (χ2n) is 5.62. The molecule has 23 heavy (non-hydrogen) atoms. The van der Waals surface area contributed by atoms with E-state index >= 15 is 0 Å². The monoisotopic (exact) mass is 316 g/mol. The molecule has 1 aromatic carbocycles. The number of nitrogens with one attached hydrogen (secondary N) is 1. The van der Waals surface area contributed by atoms with Gasteiger partial charge in [-0.2, -0.15) is 0 Å². The number of hydrogen-bond acceptors (Lipinski definition) is 4. The van der Waals surface area contributed by atoms with Crippen molar-refractivity contribution in [1.29, 1.82) is 0 Å².